The van der Waals surface area contributed by atoms with E-state index in [-0.39, 0.29) is 22.9 Å². The molecule has 1 aliphatic heterocycles. The lowest BCUT2D eigenvalue weighted by atomic mass is 9.80. The second-order valence-corrected chi connectivity index (χ2v) is 19.2. The van der Waals surface area contributed by atoms with Crippen molar-refractivity contribution in [1.29, 1.82) is 0 Å². The Kier molecular flexibility index (Phi) is 11.2. The number of ether oxygens (including phenoxy) is 1. The number of hydrogen-bond donors (Lipinski definition) is 4. The number of aromatic amines is 1. The zero-order valence-corrected chi connectivity index (χ0v) is 35.1. The summed E-state index contributed by atoms with van der Waals surface area (Å²) >= 11 is 0. The average Bonchev–Trinajstić information content (AvgIpc) is 3.79. The van der Waals surface area contributed by atoms with E-state index in [2.05, 4.69) is 55.2 Å². The maximum absolute atomic E-state index is 13.9. The Morgan fingerprint density at radius 2 is 1.82 bits per heavy atom. The summed E-state index contributed by atoms with van der Waals surface area (Å²) in [6.07, 6.45) is 16.0. The highest BCUT2D eigenvalue weighted by atomic mass is 32.2. The van der Waals surface area contributed by atoms with Gasteiger partial charge in [0, 0.05) is 36.3 Å². The van der Waals surface area contributed by atoms with Gasteiger partial charge in [-0.2, -0.15) is 0 Å². The average molecular weight is 845 g/mol. The number of amides is 1. The molecule has 4 N–H and O–H groups in total. The van der Waals surface area contributed by atoms with E-state index in [1.54, 1.807) is 24.4 Å². The van der Waals surface area contributed by atoms with Gasteiger partial charge in [0.1, 0.15) is 22.8 Å². The maximum atomic E-state index is 13.9. The van der Waals surface area contributed by atoms with Crippen LogP contribution in [0.1, 0.15) is 117 Å². The van der Waals surface area contributed by atoms with Gasteiger partial charge in [-0.1, -0.05) is 36.4 Å². The number of nitro benzene ring substituents is 1. The number of pyridine rings is 1. The molecule has 2 unspecified atom stereocenters. The zero-order valence-electron chi connectivity index (χ0n) is 34.3. The van der Waals surface area contributed by atoms with Crippen LogP contribution in [0.5, 0.6) is 11.5 Å². The SMILES string of the molecule is CC1(O)CCC(CNc2ccc(S(=O)(=O)NC(=O)c3ccc(C4=CCC(N5CCCC5c5ccccc5C5CC5)CC4)cc3Oc3cnc4[nH]ccc4c3)cc2[N+](=O)[O-])CC1. The summed E-state index contributed by atoms with van der Waals surface area (Å²) in [4.78, 5) is 35.2. The molecule has 9 rings (SSSR count). The molecular formula is C47H52N6O7S. The molecular weight excluding hydrogens is 793 g/mol. The van der Waals surface area contributed by atoms with E-state index in [0.29, 0.717) is 48.8 Å². The lowest BCUT2D eigenvalue weighted by Gasteiger charge is -2.36. The summed E-state index contributed by atoms with van der Waals surface area (Å²) in [5.74, 6) is 0.477. The summed E-state index contributed by atoms with van der Waals surface area (Å²) in [5, 5.41) is 26.3. The Morgan fingerprint density at radius 3 is 2.57 bits per heavy atom. The number of aromatic nitrogens is 2. The fourth-order valence-electron chi connectivity index (χ4n) is 9.59. The fraction of sp³-hybridized carbons (Fsp3) is 0.404. The number of H-pyrrole nitrogens is 1. The molecule has 318 valence electrons. The van der Waals surface area contributed by atoms with Gasteiger partial charge in [-0.25, -0.2) is 18.1 Å². The molecule has 0 bridgehead atoms. The number of nitrogens with one attached hydrogen (secondary N) is 3. The van der Waals surface area contributed by atoms with Gasteiger partial charge in [0.2, 0.25) is 0 Å². The van der Waals surface area contributed by atoms with E-state index in [0.717, 1.165) is 61.2 Å². The molecule has 4 aliphatic rings. The monoisotopic (exact) mass is 844 g/mol. The molecule has 1 saturated heterocycles. The standard InChI is InChI=1S/C47H52N6O7S/c1-47(55)21-18-30(19-22-47)28-49-41-17-15-37(27-43(41)53(56)57)61(58,59)51-46(54)40-16-12-33(26-44(40)60-36-25-34-20-23-48-45(34)50-29-36)31-10-13-35(14-11-31)52-24-4-7-42(52)39-6-3-2-5-38(39)32-8-9-32/h2-3,5-6,10,12,15-17,20,23,25-27,29-30,32,35,42,49,55H,4,7-9,11,13-14,18-19,21-22,24,28H2,1H3,(H,48,50)(H,51,54). The number of sulfonamides is 1. The Bertz CT molecular complexity index is 2610. The van der Waals surface area contributed by atoms with Crippen LogP contribution in [-0.4, -0.2) is 64.0 Å². The van der Waals surface area contributed by atoms with Gasteiger partial charge in [0.25, 0.3) is 21.6 Å². The molecule has 2 aromatic heterocycles. The maximum Gasteiger partial charge on any atom is 0.293 e. The van der Waals surface area contributed by atoms with Gasteiger partial charge in [-0.15, -0.1) is 0 Å². The minimum atomic E-state index is -4.56. The molecule has 3 fully saturated rings. The van der Waals surface area contributed by atoms with Crippen molar-refractivity contribution in [3.8, 4) is 11.5 Å². The summed E-state index contributed by atoms with van der Waals surface area (Å²) in [6.45, 7) is 3.34. The van der Waals surface area contributed by atoms with E-state index in [1.165, 1.54) is 55.1 Å². The highest BCUT2D eigenvalue weighted by Gasteiger charge is 2.36. The molecule has 5 aromatic rings. The van der Waals surface area contributed by atoms with E-state index >= 15 is 0 Å². The van der Waals surface area contributed by atoms with Crippen LogP contribution >= 0.6 is 0 Å². The fourth-order valence-corrected chi connectivity index (χ4v) is 10.6. The molecule has 3 aromatic carbocycles. The Hall–Kier alpha value is -5.57. The quantitative estimate of drug-likeness (QED) is 0.0659. The molecule has 3 aliphatic carbocycles. The van der Waals surface area contributed by atoms with Crippen molar-refractivity contribution < 1.29 is 28.0 Å². The van der Waals surface area contributed by atoms with Crippen LogP contribution in [0.2, 0.25) is 0 Å². The molecule has 1 amide bonds. The van der Waals surface area contributed by atoms with Crippen molar-refractivity contribution in [3.05, 3.63) is 124 Å². The molecule has 2 atom stereocenters. The third-order valence-corrected chi connectivity index (χ3v) is 14.5. The van der Waals surface area contributed by atoms with Crippen molar-refractivity contribution in [2.75, 3.05) is 18.4 Å². The number of aliphatic hydroxyl groups is 1. The predicted octanol–water partition coefficient (Wildman–Crippen LogP) is 9.39. The van der Waals surface area contributed by atoms with Crippen molar-refractivity contribution >= 4 is 43.9 Å². The number of hydrogen-bond acceptors (Lipinski definition) is 10. The van der Waals surface area contributed by atoms with Crippen LogP contribution in [0.4, 0.5) is 11.4 Å². The van der Waals surface area contributed by atoms with Gasteiger partial charge in [-0.05, 0) is 155 Å². The first-order valence-corrected chi connectivity index (χ1v) is 23.0. The first-order chi connectivity index (χ1) is 29.4. The van der Waals surface area contributed by atoms with Crippen molar-refractivity contribution in [1.82, 2.24) is 19.6 Å². The van der Waals surface area contributed by atoms with E-state index in [1.807, 2.05) is 19.1 Å². The van der Waals surface area contributed by atoms with Crippen LogP contribution in [0.25, 0.3) is 16.6 Å². The summed E-state index contributed by atoms with van der Waals surface area (Å²) < 4.78 is 35.9. The lowest BCUT2D eigenvalue weighted by Crippen LogP contribution is -2.36. The number of allylic oxidation sites excluding steroid dienone is 1. The number of rotatable bonds is 13. The van der Waals surface area contributed by atoms with Crippen molar-refractivity contribution in [2.45, 2.75) is 106 Å². The molecule has 0 radical (unpaired) electrons. The zero-order chi connectivity index (χ0) is 42.3. The number of carbonyl (C=O) groups excluding carboxylic acids is 1. The third kappa shape index (κ3) is 8.93. The molecule has 14 heteroatoms. The van der Waals surface area contributed by atoms with Crippen LogP contribution in [0, 0.1) is 16.0 Å². The summed E-state index contributed by atoms with van der Waals surface area (Å²) in [6, 6.07) is 22.2. The normalized spacial score (nSPS) is 23.4. The number of anilines is 1. The van der Waals surface area contributed by atoms with Crippen LogP contribution in [-0.2, 0) is 10.0 Å². The second kappa shape index (κ2) is 16.7. The van der Waals surface area contributed by atoms with E-state index < -0.39 is 37.0 Å². The first kappa shape index (κ1) is 40.8. The van der Waals surface area contributed by atoms with Crippen LogP contribution in [0.15, 0.2) is 96.2 Å². The second-order valence-electron chi connectivity index (χ2n) is 17.5. The van der Waals surface area contributed by atoms with E-state index in [9.17, 15) is 28.4 Å². The van der Waals surface area contributed by atoms with Crippen LogP contribution < -0.4 is 14.8 Å². The first-order valence-electron chi connectivity index (χ1n) is 21.5. The number of nitro groups is 1. The van der Waals surface area contributed by atoms with Gasteiger partial charge < -0.3 is 20.1 Å². The largest absolute Gasteiger partial charge is 0.455 e. The minimum Gasteiger partial charge on any atom is -0.455 e. The Morgan fingerprint density at radius 1 is 1.02 bits per heavy atom. The Labute approximate surface area is 355 Å². The predicted molar refractivity (Wildman–Crippen MR) is 234 cm³/mol. The van der Waals surface area contributed by atoms with Crippen molar-refractivity contribution in [2.24, 2.45) is 5.92 Å². The summed E-state index contributed by atoms with van der Waals surface area (Å²) in [7, 11) is -4.56. The number of likely N-dealkylation sites (tertiary alicyclic amines) is 1. The molecule has 0 spiro atoms. The summed E-state index contributed by atoms with van der Waals surface area (Å²) in [5.41, 5.74) is 4.71. The number of carbonyl (C=O) groups is 1. The molecule has 13 nitrogen and oxygen atoms in total. The highest BCUT2D eigenvalue weighted by molar-refractivity contribution is 7.90. The number of nitrogens with zero attached hydrogens (tertiary/aromatic N) is 3. The minimum absolute atomic E-state index is 0.0238. The van der Waals surface area contributed by atoms with Gasteiger partial charge in [0.15, 0.2) is 0 Å². The highest BCUT2D eigenvalue weighted by Crippen LogP contribution is 2.47. The van der Waals surface area contributed by atoms with Gasteiger partial charge >= 0.3 is 0 Å². The number of fused-ring (bicyclic) bond motifs is 1. The van der Waals surface area contributed by atoms with Crippen molar-refractivity contribution in [3.63, 3.8) is 0 Å². The third-order valence-electron chi connectivity index (χ3n) is 13.2. The molecule has 61 heavy (non-hydrogen) atoms. The smallest absolute Gasteiger partial charge is 0.293 e. The van der Waals surface area contributed by atoms with Gasteiger partial charge in [-0.3, -0.25) is 19.8 Å². The number of benzene rings is 3. The lowest BCUT2D eigenvalue weighted by molar-refractivity contribution is -0.384. The van der Waals surface area contributed by atoms with E-state index in [4.69, 9.17) is 4.74 Å². The molecule has 3 heterocycles. The van der Waals surface area contributed by atoms with Gasteiger partial charge in [0.05, 0.1) is 27.2 Å². The topological polar surface area (TPSA) is 180 Å². The van der Waals surface area contributed by atoms with Crippen LogP contribution in [0.3, 0.4) is 0 Å². The Balaban J connectivity index is 0.942. The molecule has 2 saturated carbocycles.